The Bertz CT molecular complexity index is 2510. The molecule has 2 fully saturated rings. The Kier molecular flexibility index (Phi) is 24.9. The summed E-state index contributed by atoms with van der Waals surface area (Å²) in [7, 11) is -10.8. The Morgan fingerprint density at radius 3 is 1.23 bits per heavy atom. The largest absolute Gasteiger partial charge is 1.00 e. The van der Waals surface area contributed by atoms with Gasteiger partial charge >= 0.3 is 59.1 Å². The van der Waals surface area contributed by atoms with E-state index in [1.165, 1.54) is 6.08 Å². The topological polar surface area (TPSA) is 216 Å². The fourth-order valence-electron chi connectivity index (χ4n) is 7.83. The molecule has 17 nitrogen and oxygen atoms in total. The van der Waals surface area contributed by atoms with Crippen molar-refractivity contribution in [3.05, 3.63) is 192 Å². The second kappa shape index (κ2) is 29.9. The van der Waals surface area contributed by atoms with Gasteiger partial charge < -0.3 is 51.7 Å². The average molecular weight is 1040 g/mol. The number of hydrogen-bond acceptors (Lipinski definition) is 17. The first-order chi connectivity index (χ1) is 33.4. The van der Waals surface area contributed by atoms with E-state index in [0.717, 1.165) is 11.1 Å². The van der Waals surface area contributed by atoms with Crippen molar-refractivity contribution in [3.8, 4) is 0 Å². The zero-order chi connectivity index (χ0) is 48.5. The first kappa shape index (κ1) is 59.1. The van der Waals surface area contributed by atoms with Crippen LogP contribution < -0.4 is 59.1 Å². The van der Waals surface area contributed by atoms with Crippen LogP contribution in [0.25, 0.3) is 0 Å². The van der Waals surface area contributed by atoms with Crippen molar-refractivity contribution in [3.63, 3.8) is 0 Å². The van der Waals surface area contributed by atoms with Crippen LogP contribution in [-0.4, -0.2) is 107 Å². The summed E-state index contributed by atoms with van der Waals surface area (Å²) in [5.74, 6) is 0. The van der Waals surface area contributed by atoms with Crippen molar-refractivity contribution >= 4 is 20.8 Å². The van der Waals surface area contributed by atoms with Crippen molar-refractivity contribution in [2.24, 2.45) is 0 Å². The van der Waals surface area contributed by atoms with Gasteiger partial charge in [-0.25, -0.2) is 16.8 Å². The summed E-state index contributed by atoms with van der Waals surface area (Å²) in [5.41, 5.74) is 3.62. The van der Waals surface area contributed by atoms with E-state index < -0.39 is 88.8 Å². The van der Waals surface area contributed by atoms with Crippen molar-refractivity contribution in [1.29, 1.82) is 0 Å². The van der Waals surface area contributed by atoms with Crippen molar-refractivity contribution in [1.82, 2.24) is 0 Å². The molecule has 5 aromatic carbocycles. The van der Waals surface area contributed by atoms with Gasteiger partial charge in [0.2, 0.25) is 20.8 Å². The maximum absolute atomic E-state index is 12.9. The van der Waals surface area contributed by atoms with Gasteiger partial charge in [-0.15, -0.1) is 6.58 Å². The molecule has 0 aromatic heterocycles. The molecule has 2 aliphatic heterocycles. The number of ether oxygens (including phenoxy) is 9. The average Bonchev–Trinajstić information content (AvgIpc) is 3.35. The van der Waals surface area contributed by atoms with E-state index in [9.17, 15) is 25.9 Å². The number of benzene rings is 5. The molecular formula is C50H54Na2O17S2. The van der Waals surface area contributed by atoms with Crippen molar-refractivity contribution in [2.75, 3.05) is 19.8 Å². The fourth-order valence-corrected chi connectivity index (χ4v) is 8.62. The molecule has 0 unspecified atom stereocenters. The van der Waals surface area contributed by atoms with Gasteiger partial charge in [0.15, 0.2) is 12.6 Å². The summed E-state index contributed by atoms with van der Waals surface area (Å²) in [4.78, 5) is 0. The molecule has 0 saturated carbocycles. The molecule has 0 spiro atoms. The Morgan fingerprint density at radius 2 is 0.817 bits per heavy atom. The third-order valence-corrected chi connectivity index (χ3v) is 11.9. The molecule has 0 amide bonds. The third kappa shape index (κ3) is 19.1. The molecule has 2 heterocycles. The van der Waals surface area contributed by atoms with Crippen LogP contribution in [0.4, 0.5) is 0 Å². The Balaban J connectivity index is 0.00000469. The predicted octanol–water partition coefficient (Wildman–Crippen LogP) is -0.0874. The molecule has 370 valence electrons. The minimum Gasteiger partial charge on any atom is -0.726 e. The van der Waals surface area contributed by atoms with Crippen LogP contribution in [0.2, 0.25) is 0 Å². The molecule has 2 saturated heterocycles. The summed E-state index contributed by atoms with van der Waals surface area (Å²) in [6, 6.07) is 45.4. The quantitative estimate of drug-likeness (QED) is 0.0306. The molecule has 0 N–H and O–H groups in total. The molecule has 0 radical (unpaired) electrons. The van der Waals surface area contributed by atoms with Gasteiger partial charge in [-0.1, -0.05) is 158 Å². The predicted molar refractivity (Wildman–Crippen MR) is 245 cm³/mol. The van der Waals surface area contributed by atoms with E-state index in [4.69, 9.17) is 51.0 Å². The summed E-state index contributed by atoms with van der Waals surface area (Å²) in [6.45, 7) is 2.32. The standard InChI is InChI=1S/C50H56O17S2.2Na/c1-2-28-58-49-47(61-32-39-24-14-6-15-25-39)45(43(42(64-49)35-63-68(51,52)53)59-30-37-20-10-4-11-21-37)66-50-48(62-33-40-26-16-7-17-27-40)46(67-69(54,55)56)44(60-31-38-22-12-5-13-23-38)41(65-50)34-57-29-36-18-8-3-9-19-36;;/h2-27,41-50H,1,28-35H2,(H,51,52,53)(H,54,55,56);;/q;2*+1/p-2/t41-,42-,43+,44+,45+,46+,47-,48-,49-,50-;;/m1../s1. The van der Waals surface area contributed by atoms with E-state index in [0.29, 0.717) is 16.7 Å². The van der Waals surface area contributed by atoms with Crippen LogP contribution in [-0.2, 0) is 105 Å². The Morgan fingerprint density at radius 1 is 0.451 bits per heavy atom. The molecule has 21 heteroatoms. The zero-order valence-electron chi connectivity index (χ0n) is 39.4. The van der Waals surface area contributed by atoms with E-state index >= 15 is 0 Å². The summed E-state index contributed by atoms with van der Waals surface area (Å²) >= 11 is 0. The molecule has 0 bridgehead atoms. The van der Waals surface area contributed by atoms with Crippen LogP contribution in [0.3, 0.4) is 0 Å². The number of rotatable bonds is 26. The third-order valence-electron chi connectivity index (χ3n) is 11.0. The summed E-state index contributed by atoms with van der Waals surface area (Å²) < 4.78 is 143. The Hall–Kier alpha value is -2.78. The maximum atomic E-state index is 12.9. The Labute approximate surface area is 459 Å². The van der Waals surface area contributed by atoms with Crippen LogP contribution in [0, 0.1) is 0 Å². The van der Waals surface area contributed by atoms with Gasteiger partial charge in [0, 0.05) is 0 Å². The number of hydrogen-bond donors (Lipinski definition) is 0. The van der Waals surface area contributed by atoms with Crippen LogP contribution in [0.5, 0.6) is 0 Å². The maximum Gasteiger partial charge on any atom is 1.00 e. The van der Waals surface area contributed by atoms with E-state index in [1.54, 1.807) is 72.8 Å². The van der Waals surface area contributed by atoms with E-state index in [1.807, 2.05) is 78.9 Å². The SMILES string of the molecule is C=CCO[C@@H]1O[C@H](COS(=O)(=O)[O-])[C@H](OCc2ccccc2)[C@H](O[C@H]2O[C@H](COCc3ccccc3)[C@H](OCc3ccccc3)[C@H](OS(=O)(=O)[O-])[C@H]2OCc2ccccc2)[C@H]1OCc1ccccc1.[Na+].[Na+]. The van der Waals surface area contributed by atoms with Crippen LogP contribution >= 0.6 is 0 Å². The normalized spacial score (nSPS) is 24.5. The van der Waals surface area contributed by atoms with Gasteiger partial charge in [-0.05, 0) is 27.8 Å². The first-order valence-electron chi connectivity index (χ1n) is 22.1. The second-order valence-corrected chi connectivity index (χ2v) is 18.1. The minimum absolute atomic E-state index is 0. The van der Waals surface area contributed by atoms with Crippen molar-refractivity contribution < 1.29 is 136 Å². The molecule has 71 heavy (non-hydrogen) atoms. The van der Waals surface area contributed by atoms with E-state index in [2.05, 4.69) is 6.58 Å². The summed E-state index contributed by atoms with van der Waals surface area (Å²) in [6.07, 6.45) is -12.9. The second-order valence-electron chi connectivity index (χ2n) is 16.0. The van der Waals surface area contributed by atoms with Gasteiger partial charge in [-0.3, -0.25) is 8.37 Å². The van der Waals surface area contributed by atoms with Gasteiger partial charge in [0.25, 0.3) is 0 Å². The summed E-state index contributed by atoms with van der Waals surface area (Å²) in [5, 5.41) is 0. The molecule has 10 atom stereocenters. The van der Waals surface area contributed by atoms with Crippen LogP contribution in [0.1, 0.15) is 27.8 Å². The minimum atomic E-state index is -5.51. The monoisotopic (exact) mass is 1040 g/mol. The zero-order valence-corrected chi connectivity index (χ0v) is 45.0. The van der Waals surface area contributed by atoms with Crippen molar-refractivity contribution in [2.45, 2.75) is 94.4 Å². The molecule has 2 aliphatic rings. The molecule has 7 rings (SSSR count). The molecular weight excluding hydrogens is 983 g/mol. The van der Waals surface area contributed by atoms with Gasteiger partial charge in [-0.2, -0.15) is 0 Å². The smallest absolute Gasteiger partial charge is 0.726 e. The first-order valence-corrected chi connectivity index (χ1v) is 24.8. The molecule has 5 aromatic rings. The fraction of sp³-hybridized carbons (Fsp3) is 0.360. The van der Waals surface area contributed by atoms with Crippen LogP contribution in [0.15, 0.2) is 164 Å². The molecule has 0 aliphatic carbocycles. The van der Waals surface area contributed by atoms with E-state index in [-0.39, 0.29) is 105 Å². The van der Waals surface area contributed by atoms with Gasteiger partial charge in [0.1, 0.15) is 48.8 Å². The van der Waals surface area contributed by atoms with Gasteiger partial charge in [0.05, 0.1) is 52.9 Å².